The van der Waals surface area contributed by atoms with Crippen molar-refractivity contribution in [1.29, 1.82) is 0 Å². The summed E-state index contributed by atoms with van der Waals surface area (Å²) in [7, 11) is 1.66. The van der Waals surface area contributed by atoms with Gasteiger partial charge >= 0.3 is 0 Å². The average Bonchev–Trinajstić information content (AvgIpc) is 2.52. The summed E-state index contributed by atoms with van der Waals surface area (Å²) < 4.78 is 11.2. The van der Waals surface area contributed by atoms with Gasteiger partial charge in [-0.25, -0.2) is 0 Å². The van der Waals surface area contributed by atoms with E-state index in [1.54, 1.807) is 7.11 Å². The van der Waals surface area contributed by atoms with Crippen LogP contribution in [0.1, 0.15) is 29.2 Å². The smallest absolute Gasteiger partial charge is 0.129 e. The topological polar surface area (TPSA) is 38.7 Å². The minimum atomic E-state index is -0.596. The van der Waals surface area contributed by atoms with E-state index in [9.17, 15) is 5.11 Å². The van der Waals surface area contributed by atoms with Crippen molar-refractivity contribution in [2.24, 2.45) is 0 Å². The minimum absolute atomic E-state index is 0.200. The van der Waals surface area contributed by atoms with Crippen molar-refractivity contribution < 1.29 is 14.6 Å². The Balaban J connectivity index is 1.78. The van der Waals surface area contributed by atoms with Crippen molar-refractivity contribution in [3.05, 3.63) is 59.2 Å². The number of aryl methyl sites for hydroxylation is 2. The molecule has 110 valence electrons. The lowest BCUT2D eigenvalue weighted by Gasteiger charge is -2.30. The van der Waals surface area contributed by atoms with Crippen LogP contribution in [-0.2, 0) is 6.42 Å². The zero-order valence-corrected chi connectivity index (χ0v) is 12.4. The predicted molar refractivity (Wildman–Crippen MR) is 81.9 cm³/mol. The summed E-state index contributed by atoms with van der Waals surface area (Å²) >= 11 is 0. The van der Waals surface area contributed by atoms with Gasteiger partial charge < -0.3 is 14.6 Å². The second-order valence-corrected chi connectivity index (χ2v) is 5.52. The molecule has 2 aromatic rings. The largest absolute Gasteiger partial charge is 0.497 e. The Morgan fingerprint density at radius 1 is 1.05 bits per heavy atom. The van der Waals surface area contributed by atoms with Crippen LogP contribution in [0.5, 0.6) is 11.5 Å². The number of fused-ring (bicyclic) bond motifs is 1. The zero-order valence-electron chi connectivity index (χ0n) is 12.4. The van der Waals surface area contributed by atoms with Crippen molar-refractivity contribution in [1.82, 2.24) is 0 Å². The van der Waals surface area contributed by atoms with E-state index >= 15 is 0 Å². The quantitative estimate of drug-likeness (QED) is 0.938. The van der Waals surface area contributed by atoms with E-state index in [1.165, 1.54) is 5.56 Å². The molecule has 21 heavy (non-hydrogen) atoms. The lowest BCUT2D eigenvalue weighted by Crippen LogP contribution is -2.30. The number of methoxy groups -OCH3 is 1. The first-order chi connectivity index (χ1) is 10.2. The zero-order chi connectivity index (χ0) is 14.8. The number of hydrogen-bond acceptors (Lipinski definition) is 3. The third-order valence-corrected chi connectivity index (χ3v) is 4.03. The summed E-state index contributed by atoms with van der Waals surface area (Å²) in [5.41, 5.74) is 3.29. The monoisotopic (exact) mass is 284 g/mol. The van der Waals surface area contributed by atoms with Gasteiger partial charge in [-0.15, -0.1) is 0 Å². The Morgan fingerprint density at radius 2 is 1.76 bits per heavy atom. The van der Waals surface area contributed by atoms with Crippen molar-refractivity contribution in [3.8, 4) is 11.5 Å². The first-order valence-corrected chi connectivity index (χ1v) is 7.25. The van der Waals surface area contributed by atoms with Gasteiger partial charge in [0.25, 0.3) is 0 Å². The Kier molecular flexibility index (Phi) is 3.84. The van der Waals surface area contributed by atoms with Gasteiger partial charge in [0, 0.05) is 0 Å². The molecule has 0 fully saturated rings. The summed E-state index contributed by atoms with van der Waals surface area (Å²) in [5, 5.41) is 10.5. The van der Waals surface area contributed by atoms with Crippen molar-refractivity contribution in [3.63, 3.8) is 0 Å². The van der Waals surface area contributed by atoms with Gasteiger partial charge in [-0.2, -0.15) is 0 Å². The summed E-state index contributed by atoms with van der Waals surface area (Å²) in [6, 6.07) is 13.8. The second kappa shape index (κ2) is 5.78. The van der Waals surface area contributed by atoms with E-state index in [4.69, 9.17) is 9.47 Å². The van der Waals surface area contributed by atoms with E-state index in [-0.39, 0.29) is 6.10 Å². The van der Waals surface area contributed by atoms with Crippen LogP contribution < -0.4 is 9.47 Å². The fourth-order valence-electron chi connectivity index (χ4n) is 2.79. The lowest BCUT2D eigenvalue weighted by molar-refractivity contribution is 0.0230. The maximum Gasteiger partial charge on any atom is 0.129 e. The van der Waals surface area contributed by atoms with Crippen LogP contribution in [-0.4, -0.2) is 18.3 Å². The normalized spacial score (nSPS) is 20.7. The van der Waals surface area contributed by atoms with Crippen LogP contribution in [0.4, 0.5) is 0 Å². The predicted octanol–water partition coefficient (Wildman–Crippen LogP) is 3.43. The van der Waals surface area contributed by atoms with Gasteiger partial charge in [-0.3, -0.25) is 0 Å². The molecular weight excluding hydrogens is 264 g/mol. The molecule has 3 nitrogen and oxygen atoms in total. The third-order valence-electron chi connectivity index (χ3n) is 4.03. The molecule has 2 unspecified atom stereocenters. The highest BCUT2D eigenvalue weighted by molar-refractivity contribution is 5.39. The third kappa shape index (κ3) is 2.88. The molecule has 3 heteroatoms. The summed E-state index contributed by atoms with van der Waals surface area (Å²) in [6.07, 6.45) is 0.893. The number of ether oxygens (including phenoxy) is 2. The first kappa shape index (κ1) is 14.0. The molecule has 1 aliphatic rings. The minimum Gasteiger partial charge on any atom is -0.497 e. The molecule has 0 aliphatic heterocycles. The van der Waals surface area contributed by atoms with E-state index in [0.717, 1.165) is 35.5 Å². The van der Waals surface area contributed by atoms with Crippen LogP contribution in [0.15, 0.2) is 42.5 Å². The molecule has 0 saturated heterocycles. The number of rotatable bonds is 3. The number of hydrogen-bond donors (Lipinski definition) is 1. The molecule has 0 aromatic heterocycles. The van der Waals surface area contributed by atoms with Crippen LogP contribution in [0.3, 0.4) is 0 Å². The molecule has 2 atom stereocenters. The van der Waals surface area contributed by atoms with E-state index < -0.39 is 6.10 Å². The van der Waals surface area contributed by atoms with E-state index in [0.29, 0.717) is 0 Å². The Labute approximate surface area is 125 Å². The van der Waals surface area contributed by atoms with Crippen LogP contribution in [0, 0.1) is 6.92 Å². The molecule has 0 heterocycles. The fraction of sp³-hybridized carbons (Fsp3) is 0.333. The highest BCUT2D eigenvalue weighted by Gasteiger charge is 2.29. The van der Waals surface area contributed by atoms with Gasteiger partial charge in [0.1, 0.15) is 23.7 Å². The van der Waals surface area contributed by atoms with Crippen molar-refractivity contribution in [2.45, 2.75) is 32.0 Å². The maximum absolute atomic E-state index is 10.5. The van der Waals surface area contributed by atoms with Crippen LogP contribution >= 0.6 is 0 Å². The molecule has 1 aliphatic carbocycles. The number of aliphatic hydroxyl groups excluding tert-OH is 1. The van der Waals surface area contributed by atoms with Gasteiger partial charge in [0.2, 0.25) is 0 Å². The van der Waals surface area contributed by atoms with Gasteiger partial charge in [0.05, 0.1) is 7.11 Å². The Hall–Kier alpha value is -2.00. The Morgan fingerprint density at radius 3 is 2.48 bits per heavy atom. The SMILES string of the molecule is COc1ccc2c(c1)CCC(Oc1ccc(C)cc1)C2O. The highest BCUT2D eigenvalue weighted by Crippen LogP contribution is 2.34. The molecule has 0 radical (unpaired) electrons. The molecule has 0 amide bonds. The second-order valence-electron chi connectivity index (χ2n) is 5.52. The fourth-order valence-corrected chi connectivity index (χ4v) is 2.79. The van der Waals surface area contributed by atoms with Gasteiger partial charge in [-0.05, 0) is 55.2 Å². The van der Waals surface area contributed by atoms with Crippen LogP contribution in [0.2, 0.25) is 0 Å². The lowest BCUT2D eigenvalue weighted by atomic mass is 9.87. The van der Waals surface area contributed by atoms with Crippen molar-refractivity contribution in [2.75, 3.05) is 7.11 Å². The molecule has 3 rings (SSSR count). The molecule has 0 saturated carbocycles. The molecular formula is C18H20O3. The van der Waals surface area contributed by atoms with E-state index in [2.05, 4.69) is 0 Å². The van der Waals surface area contributed by atoms with Gasteiger partial charge in [0.15, 0.2) is 0 Å². The summed E-state index contributed by atoms with van der Waals surface area (Å²) in [4.78, 5) is 0. The summed E-state index contributed by atoms with van der Waals surface area (Å²) in [5.74, 6) is 1.64. The van der Waals surface area contributed by atoms with Crippen molar-refractivity contribution >= 4 is 0 Å². The maximum atomic E-state index is 10.5. The van der Waals surface area contributed by atoms with E-state index in [1.807, 2.05) is 49.4 Å². The number of aliphatic hydroxyl groups is 1. The average molecular weight is 284 g/mol. The summed E-state index contributed by atoms with van der Waals surface area (Å²) in [6.45, 7) is 2.04. The van der Waals surface area contributed by atoms with Crippen LogP contribution in [0.25, 0.3) is 0 Å². The Bertz CT molecular complexity index is 619. The highest BCUT2D eigenvalue weighted by atomic mass is 16.5. The molecule has 1 N–H and O–H groups in total. The first-order valence-electron chi connectivity index (χ1n) is 7.25. The standard InChI is InChI=1S/C18H20O3/c1-12-3-6-14(7-4-12)21-17-10-5-13-11-15(20-2)8-9-16(13)18(17)19/h3-4,6-9,11,17-19H,5,10H2,1-2H3. The number of benzene rings is 2. The molecule has 0 spiro atoms. The molecule has 2 aromatic carbocycles. The van der Waals surface area contributed by atoms with Gasteiger partial charge in [-0.1, -0.05) is 23.8 Å². The molecule has 0 bridgehead atoms.